The fourth-order valence-electron chi connectivity index (χ4n) is 2.98. The molecule has 0 radical (unpaired) electrons. The largest absolute Gasteiger partial charge is 0.480 e. The molecule has 0 bridgehead atoms. The second-order valence-corrected chi connectivity index (χ2v) is 7.58. The molecule has 1 saturated carbocycles. The summed E-state index contributed by atoms with van der Waals surface area (Å²) in [5.41, 5.74) is -0.603. The van der Waals surface area contributed by atoms with E-state index in [2.05, 4.69) is 31.0 Å². The summed E-state index contributed by atoms with van der Waals surface area (Å²) in [7, 11) is 2.02. The van der Waals surface area contributed by atoms with E-state index in [-0.39, 0.29) is 17.4 Å². The average molecular weight is 270 g/mol. The number of aliphatic carboxylic acids is 1. The number of nitrogens with zero attached hydrogens (tertiary/aromatic N) is 1. The summed E-state index contributed by atoms with van der Waals surface area (Å²) in [5.74, 6) is -0.431. The Kier molecular flexibility index (Phi) is 5.02. The zero-order chi connectivity index (χ0) is 14.8. The first kappa shape index (κ1) is 16.4. The highest BCUT2D eigenvalue weighted by Crippen LogP contribution is 2.41. The summed E-state index contributed by atoms with van der Waals surface area (Å²) < 4.78 is 0. The van der Waals surface area contributed by atoms with Crippen LogP contribution in [0.2, 0.25) is 0 Å². The van der Waals surface area contributed by atoms with Crippen molar-refractivity contribution in [1.29, 1.82) is 0 Å². The zero-order valence-electron chi connectivity index (χ0n) is 13.3. The van der Waals surface area contributed by atoms with E-state index < -0.39 is 11.5 Å². The molecule has 0 heterocycles. The molecule has 0 aromatic heterocycles. The molecular formula is C15H30N2O2. The maximum Gasteiger partial charge on any atom is 0.325 e. The molecule has 1 aliphatic rings. The lowest BCUT2D eigenvalue weighted by Crippen LogP contribution is -2.62. The molecule has 1 atom stereocenters. The van der Waals surface area contributed by atoms with E-state index in [0.717, 1.165) is 19.4 Å². The van der Waals surface area contributed by atoms with E-state index in [0.29, 0.717) is 6.54 Å². The molecule has 0 aromatic rings. The van der Waals surface area contributed by atoms with Crippen molar-refractivity contribution in [3.05, 3.63) is 0 Å². The Bertz CT molecular complexity index is 319. The number of carboxylic acid groups (broad SMARTS) is 1. The number of rotatable bonds is 7. The minimum atomic E-state index is -0.784. The summed E-state index contributed by atoms with van der Waals surface area (Å²) in [6, 6.07) is 0.180. The third-order valence-corrected chi connectivity index (χ3v) is 3.47. The fourth-order valence-corrected chi connectivity index (χ4v) is 2.98. The molecule has 1 unspecified atom stereocenters. The van der Waals surface area contributed by atoms with E-state index in [9.17, 15) is 9.90 Å². The topological polar surface area (TPSA) is 52.6 Å². The van der Waals surface area contributed by atoms with Gasteiger partial charge in [-0.3, -0.25) is 10.1 Å². The Morgan fingerprint density at radius 1 is 1.32 bits per heavy atom. The summed E-state index contributed by atoms with van der Waals surface area (Å²) >= 11 is 0. The molecule has 4 nitrogen and oxygen atoms in total. The van der Waals surface area contributed by atoms with Gasteiger partial charge >= 0.3 is 5.97 Å². The Morgan fingerprint density at radius 3 is 2.16 bits per heavy atom. The first-order valence-corrected chi connectivity index (χ1v) is 7.26. The highest BCUT2D eigenvalue weighted by molar-refractivity contribution is 5.80. The standard InChI is InChI=1S/C15H30N2O2/c1-11(2)16-15(13(18)19,12-7-8-12)10-17(6)9-14(3,4)5/h11-12,16H,7-10H2,1-6H3,(H,18,19). The lowest BCUT2D eigenvalue weighted by Gasteiger charge is -2.38. The van der Waals surface area contributed by atoms with Crippen molar-refractivity contribution in [1.82, 2.24) is 10.2 Å². The zero-order valence-corrected chi connectivity index (χ0v) is 13.3. The lowest BCUT2D eigenvalue weighted by atomic mass is 9.89. The van der Waals surface area contributed by atoms with Crippen LogP contribution in [0.15, 0.2) is 0 Å². The highest BCUT2D eigenvalue weighted by atomic mass is 16.4. The quantitative estimate of drug-likeness (QED) is 0.744. The third-order valence-electron chi connectivity index (χ3n) is 3.47. The van der Waals surface area contributed by atoms with Crippen LogP contribution >= 0.6 is 0 Å². The molecule has 0 aliphatic heterocycles. The van der Waals surface area contributed by atoms with E-state index in [4.69, 9.17) is 0 Å². The molecular weight excluding hydrogens is 240 g/mol. The van der Waals surface area contributed by atoms with Gasteiger partial charge in [-0.15, -0.1) is 0 Å². The van der Waals surface area contributed by atoms with Crippen LogP contribution in [-0.4, -0.2) is 47.7 Å². The van der Waals surface area contributed by atoms with Gasteiger partial charge in [-0.25, -0.2) is 0 Å². The van der Waals surface area contributed by atoms with Crippen molar-refractivity contribution in [2.75, 3.05) is 20.1 Å². The van der Waals surface area contributed by atoms with E-state index >= 15 is 0 Å². The maximum atomic E-state index is 11.9. The molecule has 19 heavy (non-hydrogen) atoms. The van der Waals surface area contributed by atoms with Crippen molar-refractivity contribution in [2.24, 2.45) is 11.3 Å². The van der Waals surface area contributed by atoms with Gasteiger partial charge in [-0.2, -0.15) is 0 Å². The van der Waals surface area contributed by atoms with Crippen molar-refractivity contribution in [2.45, 2.75) is 59.0 Å². The minimum Gasteiger partial charge on any atom is -0.480 e. The van der Waals surface area contributed by atoms with Crippen LogP contribution in [0.5, 0.6) is 0 Å². The normalized spacial score (nSPS) is 19.8. The summed E-state index contributed by atoms with van der Waals surface area (Å²) in [6.07, 6.45) is 2.05. The van der Waals surface area contributed by atoms with Gasteiger partial charge < -0.3 is 10.0 Å². The van der Waals surface area contributed by atoms with Gasteiger partial charge in [0, 0.05) is 19.1 Å². The van der Waals surface area contributed by atoms with Crippen LogP contribution in [0.3, 0.4) is 0 Å². The van der Waals surface area contributed by atoms with Gasteiger partial charge in [0.15, 0.2) is 0 Å². The van der Waals surface area contributed by atoms with E-state index in [1.54, 1.807) is 0 Å². The number of likely N-dealkylation sites (N-methyl/N-ethyl adjacent to an activating group) is 1. The van der Waals surface area contributed by atoms with Crippen LogP contribution in [0.4, 0.5) is 0 Å². The van der Waals surface area contributed by atoms with Gasteiger partial charge in [0.2, 0.25) is 0 Å². The minimum absolute atomic E-state index is 0.180. The van der Waals surface area contributed by atoms with Gasteiger partial charge in [0.1, 0.15) is 5.54 Å². The van der Waals surface area contributed by atoms with Crippen LogP contribution in [-0.2, 0) is 4.79 Å². The molecule has 0 aromatic carbocycles. The Labute approximate surface area is 117 Å². The van der Waals surface area contributed by atoms with Gasteiger partial charge in [0.05, 0.1) is 0 Å². The van der Waals surface area contributed by atoms with Crippen molar-refractivity contribution in [3.63, 3.8) is 0 Å². The SMILES string of the molecule is CC(C)NC(CN(C)CC(C)(C)C)(C(=O)O)C1CC1. The Balaban J connectivity index is 2.81. The predicted octanol–water partition coefficient (Wildman–Crippen LogP) is 2.20. The monoisotopic (exact) mass is 270 g/mol. The first-order valence-electron chi connectivity index (χ1n) is 7.26. The summed E-state index contributed by atoms with van der Waals surface area (Å²) in [4.78, 5) is 14.0. The average Bonchev–Trinajstić information content (AvgIpc) is 2.94. The van der Waals surface area contributed by atoms with Gasteiger partial charge in [0.25, 0.3) is 0 Å². The van der Waals surface area contributed by atoms with E-state index in [1.807, 2.05) is 20.9 Å². The number of carbonyl (C=O) groups is 1. The molecule has 1 fully saturated rings. The predicted molar refractivity (Wildman–Crippen MR) is 78.3 cm³/mol. The van der Waals surface area contributed by atoms with Crippen molar-refractivity contribution in [3.8, 4) is 0 Å². The van der Waals surface area contributed by atoms with Crippen molar-refractivity contribution >= 4 is 5.97 Å². The van der Waals surface area contributed by atoms with Crippen LogP contribution in [0.1, 0.15) is 47.5 Å². The molecule has 0 saturated heterocycles. The Hall–Kier alpha value is -0.610. The molecule has 4 heteroatoms. The fraction of sp³-hybridized carbons (Fsp3) is 0.933. The molecule has 112 valence electrons. The second kappa shape index (κ2) is 5.80. The molecule has 1 aliphatic carbocycles. The summed E-state index contributed by atoms with van der Waals surface area (Å²) in [6.45, 7) is 12.0. The number of hydrogen-bond donors (Lipinski definition) is 2. The van der Waals surface area contributed by atoms with Crippen LogP contribution in [0.25, 0.3) is 0 Å². The van der Waals surface area contributed by atoms with Crippen LogP contribution < -0.4 is 5.32 Å². The molecule has 1 rings (SSSR count). The highest BCUT2D eigenvalue weighted by Gasteiger charge is 2.52. The smallest absolute Gasteiger partial charge is 0.325 e. The second-order valence-electron chi connectivity index (χ2n) is 7.58. The van der Waals surface area contributed by atoms with Crippen LogP contribution in [0, 0.1) is 11.3 Å². The maximum absolute atomic E-state index is 11.9. The molecule has 0 amide bonds. The number of carboxylic acids is 1. The van der Waals surface area contributed by atoms with E-state index in [1.165, 1.54) is 0 Å². The molecule has 2 N–H and O–H groups in total. The van der Waals surface area contributed by atoms with Gasteiger partial charge in [-0.05, 0) is 45.1 Å². The summed E-state index contributed by atoms with van der Waals surface area (Å²) in [5, 5.41) is 13.1. The lowest BCUT2D eigenvalue weighted by molar-refractivity contribution is -0.147. The number of nitrogens with one attached hydrogen (secondary N) is 1. The number of hydrogen-bond acceptors (Lipinski definition) is 3. The third kappa shape index (κ3) is 4.77. The Morgan fingerprint density at radius 2 is 1.84 bits per heavy atom. The first-order chi connectivity index (χ1) is 8.57. The van der Waals surface area contributed by atoms with Gasteiger partial charge in [-0.1, -0.05) is 20.8 Å². The molecule has 0 spiro atoms. The van der Waals surface area contributed by atoms with Crippen molar-refractivity contribution < 1.29 is 9.90 Å².